The van der Waals surface area contributed by atoms with Crippen molar-refractivity contribution in [2.24, 2.45) is 0 Å². The van der Waals surface area contributed by atoms with E-state index in [1.807, 2.05) is 18.3 Å². The minimum absolute atomic E-state index is 0.513. The second-order valence-corrected chi connectivity index (χ2v) is 7.06. The van der Waals surface area contributed by atoms with E-state index in [9.17, 15) is 0 Å². The van der Waals surface area contributed by atoms with Gasteiger partial charge in [0.25, 0.3) is 0 Å². The molecule has 136 valence electrons. The highest BCUT2D eigenvalue weighted by molar-refractivity contribution is 7.10. The third-order valence-electron chi connectivity index (χ3n) is 4.39. The number of ether oxygens (including phenoxy) is 3. The number of methoxy groups -OCH3 is 3. The Morgan fingerprint density at radius 2 is 1.46 bits per heavy atom. The van der Waals surface area contributed by atoms with E-state index in [0.717, 1.165) is 21.6 Å². The lowest BCUT2D eigenvalue weighted by Crippen LogP contribution is -1.95. The molecule has 0 N–H and O–H groups in total. The molecule has 0 fully saturated rings. The summed E-state index contributed by atoms with van der Waals surface area (Å²) in [5.41, 5.74) is 4.56. The van der Waals surface area contributed by atoms with E-state index in [1.165, 1.54) is 17.1 Å². The quantitative estimate of drug-likeness (QED) is 0.565. The average molecular weight is 369 g/mol. The third-order valence-corrected chi connectivity index (χ3v) is 5.23. The van der Waals surface area contributed by atoms with Gasteiger partial charge in [-0.15, -0.1) is 0 Å². The minimum Gasteiger partial charge on any atom is -0.493 e. The van der Waals surface area contributed by atoms with E-state index in [4.69, 9.17) is 14.2 Å². The van der Waals surface area contributed by atoms with Crippen LogP contribution in [0.25, 0.3) is 21.6 Å². The van der Waals surface area contributed by atoms with E-state index in [2.05, 4.69) is 42.5 Å². The Labute approximate surface area is 158 Å². The van der Waals surface area contributed by atoms with Crippen molar-refractivity contribution in [3.63, 3.8) is 0 Å². The van der Waals surface area contributed by atoms with Crippen LogP contribution in [0, 0.1) is 0 Å². The Morgan fingerprint density at radius 3 is 1.96 bits per heavy atom. The number of hydrogen-bond acceptors (Lipinski definition) is 5. The molecule has 0 radical (unpaired) electrons. The van der Waals surface area contributed by atoms with Crippen molar-refractivity contribution >= 4 is 11.5 Å². The van der Waals surface area contributed by atoms with Gasteiger partial charge >= 0.3 is 0 Å². The van der Waals surface area contributed by atoms with Gasteiger partial charge in [-0.05, 0) is 40.7 Å². The maximum Gasteiger partial charge on any atom is 0.203 e. The molecule has 0 aliphatic heterocycles. The molecule has 0 bridgehead atoms. The van der Waals surface area contributed by atoms with E-state index in [0.29, 0.717) is 23.2 Å². The molecule has 1 aromatic heterocycles. The molecular weight excluding hydrogens is 346 g/mol. The van der Waals surface area contributed by atoms with Crippen LogP contribution in [0.3, 0.4) is 0 Å². The largest absolute Gasteiger partial charge is 0.493 e. The molecule has 0 saturated carbocycles. The van der Waals surface area contributed by atoms with Crippen LogP contribution in [0.1, 0.15) is 25.3 Å². The zero-order valence-corrected chi connectivity index (χ0v) is 16.5. The molecule has 0 amide bonds. The summed E-state index contributed by atoms with van der Waals surface area (Å²) < 4.78 is 20.8. The highest BCUT2D eigenvalue weighted by Gasteiger charge is 2.18. The van der Waals surface area contributed by atoms with Crippen LogP contribution in [0.5, 0.6) is 17.2 Å². The summed E-state index contributed by atoms with van der Waals surface area (Å²) in [6, 6.07) is 12.6. The Bertz CT molecular complexity index is 860. The van der Waals surface area contributed by atoms with Gasteiger partial charge in [0.15, 0.2) is 11.5 Å². The van der Waals surface area contributed by atoms with Crippen molar-refractivity contribution in [1.29, 1.82) is 0 Å². The fraction of sp³-hybridized carbons (Fsp3) is 0.286. The topological polar surface area (TPSA) is 40.6 Å². The van der Waals surface area contributed by atoms with E-state index < -0.39 is 0 Å². The van der Waals surface area contributed by atoms with Crippen molar-refractivity contribution in [2.75, 3.05) is 21.3 Å². The second-order valence-electron chi connectivity index (χ2n) is 6.26. The molecule has 1 heterocycles. The van der Waals surface area contributed by atoms with Gasteiger partial charge in [-0.3, -0.25) is 0 Å². The van der Waals surface area contributed by atoms with Crippen LogP contribution in [0.15, 0.2) is 42.6 Å². The lowest BCUT2D eigenvalue weighted by Gasteiger charge is -2.14. The first-order valence-electron chi connectivity index (χ1n) is 8.44. The van der Waals surface area contributed by atoms with Crippen molar-refractivity contribution in [3.8, 4) is 38.8 Å². The first-order chi connectivity index (χ1) is 12.6. The summed E-state index contributed by atoms with van der Waals surface area (Å²) >= 11 is 1.46. The molecule has 0 unspecified atom stereocenters. The van der Waals surface area contributed by atoms with E-state index in [-0.39, 0.29) is 0 Å². The number of aromatic nitrogens is 1. The molecule has 5 heteroatoms. The van der Waals surface area contributed by atoms with Crippen molar-refractivity contribution in [1.82, 2.24) is 4.37 Å². The molecule has 3 aromatic rings. The first kappa shape index (κ1) is 18.3. The van der Waals surface area contributed by atoms with Crippen LogP contribution in [-0.4, -0.2) is 25.7 Å². The lowest BCUT2D eigenvalue weighted by molar-refractivity contribution is 0.324. The average Bonchev–Trinajstić information content (AvgIpc) is 3.16. The SMILES string of the molecule is COc1cc(-c2sncc2-c2ccc(C(C)C)cc2)cc(OC)c1OC. The van der Waals surface area contributed by atoms with Gasteiger partial charge in [-0.2, -0.15) is 4.37 Å². The van der Waals surface area contributed by atoms with Crippen molar-refractivity contribution < 1.29 is 14.2 Å². The van der Waals surface area contributed by atoms with Crippen molar-refractivity contribution in [2.45, 2.75) is 19.8 Å². The first-order valence-corrected chi connectivity index (χ1v) is 9.21. The third kappa shape index (κ3) is 3.40. The summed E-state index contributed by atoms with van der Waals surface area (Å²) in [4.78, 5) is 1.07. The van der Waals surface area contributed by atoms with Gasteiger partial charge in [0.1, 0.15) is 0 Å². The van der Waals surface area contributed by atoms with Gasteiger partial charge in [0, 0.05) is 17.3 Å². The van der Waals surface area contributed by atoms with Gasteiger partial charge < -0.3 is 14.2 Å². The molecular formula is C21H23NO3S. The summed E-state index contributed by atoms with van der Waals surface area (Å²) in [6.07, 6.45) is 1.91. The maximum absolute atomic E-state index is 5.48. The fourth-order valence-corrected chi connectivity index (χ4v) is 3.67. The summed E-state index contributed by atoms with van der Waals surface area (Å²) in [5.74, 6) is 2.37. The molecule has 3 rings (SSSR count). The van der Waals surface area contributed by atoms with Gasteiger partial charge in [0.2, 0.25) is 5.75 Å². The fourth-order valence-electron chi connectivity index (χ4n) is 2.91. The second kappa shape index (κ2) is 7.79. The standard InChI is InChI=1S/C21H23NO3S/c1-13(2)14-6-8-15(9-7-14)17-12-22-26-21(17)16-10-18(23-3)20(25-5)19(11-16)24-4/h6-13H,1-5H3. The summed E-state index contributed by atoms with van der Waals surface area (Å²) in [5, 5.41) is 0. The van der Waals surface area contributed by atoms with Crippen LogP contribution >= 0.6 is 11.5 Å². The molecule has 4 nitrogen and oxygen atoms in total. The monoisotopic (exact) mass is 369 g/mol. The Hall–Kier alpha value is -2.53. The van der Waals surface area contributed by atoms with Crippen LogP contribution < -0.4 is 14.2 Å². The molecule has 26 heavy (non-hydrogen) atoms. The zero-order chi connectivity index (χ0) is 18.7. The highest BCUT2D eigenvalue weighted by atomic mass is 32.1. The molecule has 0 spiro atoms. The van der Waals surface area contributed by atoms with Gasteiger partial charge in [-0.25, -0.2) is 0 Å². The van der Waals surface area contributed by atoms with Gasteiger partial charge in [0.05, 0.1) is 26.2 Å². The number of rotatable bonds is 6. The number of benzene rings is 2. The highest BCUT2D eigenvalue weighted by Crippen LogP contribution is 2.44. The molecule has 0 aliphatic carbocycles. The Morgan fingerprint density at radius 1 is 0.846 bits per heavy atom. The van der Waals surface area contributed by atoms with Crippen LogP contribution in [0.2, 0.25) is 0 Å². The van der Waals surface area contributed by atoms with Crippen LogP contribution in [0.4, 0.5) is 0 Å². The Kier molecular flexibility index (Phi) is 5.47. The molecule has 0 atom stereocenters. The predicted octanol–water partition coefficient (Wildman–Crippen LogP) is 5.63. The van der Waals surface area contributed by atoms with Crippen molar-refractivity contribution in [3.05, 3.63) is 48.2 Å². The number of nitrogens with zero attached hydrogens (tertiary/aromatic N) is 1. The normalized spacial score (nSPS) is 10.8. The zero-order valence-electron chi connectivity index (χ0n) is 15.7. The maximum atomic E-state index is 5.48. The van der Waals surface area contributed by atoms with E-state index in [1.54, 1.807) is 21.3 Å². The van der Waals surface area contributed by atoms with E-state index >= 15 is 0 Å². The van der Waals surface area contributed by atoms with Gasteiger partial charge in [-0.1, -0.05) is 38.1 Å². The molecule has 0 aliphatic rings. The smallest absolute Gasteiger partial charge is 0.203 e. The summed E-state index contributed by atoms with van der Waals surface area (Å²) in [7, 11) is 4.85. The Balaban J connectivity index is 2.08. The number of hydrogen-bond donors (Lipinski definition) is 0. The summed E-state index contributed by atoms with van der Waals surface area (Å²) in [6.45, 7) is 4.39. The lowest BCUT2D eigenvalue weighted by atomic mass is 9.98. The molecule has 2 aromatic carbocycles. The predicted molar refractivity (Wildman–Crippen MR) is 107 cm³/mol. The van der Waals surface area contributed by atoms with Crippen LogP contribution in [-0.2, 0) is 0 Å². The molecule has 0 saturated heterocycles. The minimum atomic E-state index is 0.513.